The summed E-state index contributed by atoms with van der Waals surface area (Å²) in [4.78, 5) is 45.2. The number of nitrogens with two attached hydrogens (primary N) is 1. The van der Waals surface area contributed by atoms with Crippen LogP contribution in [0.25, 0.3) is 0 Å². The molecule has 148 valence electrons. The van der Waals surface area contributed by atoms with Gasteiger partial charge in [-0.1, -0.05) is 0 Å². The van der Waals surface area contributed by atoms with Gasteiger partial charge in [-0.3, -0.25) is 14.4 Å². The molecule has 12 heteroatoms. The Balaban J connectivity index is 1.75. The minimum Gasteiger partial charge on any atom is -0.368 e. The Hall–Kier alpha value is -2.47. The molecule has 3 amide bonds. The summed E-state index contributed by atoms with van der Waals surface area (Å²) < 4.78 is 25.3. The highest BCUT2D eigenvalue weighted by molar-refractivity contribution is 7.89. The summed E-state index contributed by atoms with van der Waals surface area (Å²) in [6.45, 7) is 0.373. The van der Waals surface area contributed by atoms with Crippen LogP contribution >= 0.6 is 0 Å². The van der Waals surface area contributed by atoms with E-state index in [1.807, 2.05) is 0 Å². The number of likely N-dealkylation sites (tertiary alicyclic amines) is 1. The number of primary amides is 1. The van der Waals surface area contributed by atoms with Crippen LogP contribution in [0.3, 0.4) is 0 Å². The first-order chi connectivity index (χ1) is 12.8. The molecule has 2 aliphatic rings. The summed E-state index contributed by atoms with van der Waals surface area (Å²) in [5.74, 6) is -1.74. The largest absolute Gasteiger partial charge is 0.368 e. The predicted molar refractivity (Wildman–Crippen MR) is 93.5 cm³/mol. The number of rotatable bonds is 6. The number of aromatic amines is 1. The zero-order valence-electron chi connectivity index (χ0n) is 14.6. The van der Waals surface area contributed by atoms with Crippen molar-refractivity contribution in [2.24, 2.45) is 5.73 Å². The molecule has 3 heterocycles. The van der Waals surface area contributed by atoms with Gasteiger partial charge in [-0.05, 0) is 19.3 Å². The first kappa shape index (κ1) is 19.3. The maximum Gasteiger partial charge on any atom is 0.246 e. The summed E-state index contributed by atoms with van der Waals surface area (Å²) in [6.07, 6.45) is 4.37. The van der Waals surface area contributed by atoms with E-state index in [1.54, 1.807) is 0 Å². The standard InChI is InChI=1S/C15H22N6O5S/c16-13(22)12-2-1-4-21(12)15(24)11(6-9-7-17-8-18-9)19-14(23)10-3-5-27(25,26)20-10/h7-8,10-12,20H,1-6H2,(H2,16,22)(H,17,18)(H,19,23)/t10-,11-,12-/m0/s1. The molecular formula is C15H22N6O5S. The lowest BCUT2D eigenvalue weighted by Gasteiger charge is -2.28. The third-order valence-electron chi connectivity index (χ3n) is 4.77. The third-order valence-corrected chi connectivity index (χ3v) is 6.19. The van der Waals surface area contributed by atoms with E-state index < -0.39 is 45.9 Å². The van der Waals surface area contributed by atoms with Gasteiger partial charge in [0.1, 0.15) is 18.1 Å². The van der Waals surface area contributed by atoms with Crippen LogP contribution in [-0.4, -0.2) is 71.4 Å². The molecular weight excluding hydrogens is 376 g/mol. The van der Waals surface area contributed by atoms with E-state index in [0.717, 1.165) is 0 Å². The molecule has 0 unspecified atom stereocenters. The van der Waals surface area contributed by atoms with E-state index in [9.17, 15) is 22.8 Å². The number of amides is 3. The number of hydrogen-bond acceptors (Lipinski definition) is 6. The van der Waals surface area contributed by atoms with Crippen molar-refractivity contribution in [1.82, 2.24) is 24.9 Å². The fourth-order valence-corrected chi connectivity index (χ4v) is 4.73. The van der Waals surface area contributed by atoms with Gasteiger partial charge in [0, 0.05) is 24.9 Å². The number of carbonyl (C=O) groups is 3. The average Bonchev–Trinajstić information content (AvgIpc) is 3.33. The van der Waals surface area contributed by atoms with Crippen LogP contribution in [-0.2, 0) is 30.8 Å². The highest BCUT2D eigenvalue weighted by Crippen LogP contribution is 2.19. The van der Waals surface area contributed by atoms with Crippen molar-refractivity contribution in [3.05, 3.63) is 18.2 Å². The van der Waals surface area contributed by atoms with Crippen molar-refractivity contribution >= 4 is 27.7 Å². The fourth-order valence-electron chi connectivity index (χ4n) is 3.41. The fraction of sp³-hybridized carbons (Fsp3) is 0.600. The van der Waals surface area contributed by atoms with Gasteiger partial charge in [-0.25, -0.2) is 18.1 Å². The van der Waals surface area contributed by atoms with Gasteiger partial charge in [-0.15, -0.1) is 0 Å². The van der Waals surface area contributed by atoms with Gasteiger partial charge in [0.2, 0.25) is 27.7 Å². The molecule has 5 N–H and O–H groups in total. The van der Waals surface area contributed by atoms with Crippen molar-refractivity contribution in [2.75, 3.05) is 12.3 Å². The monoisotopic (exact) mass is 398 g/mol. The van der Waals surface area contributed by atoms with Crippen LogP contribution in [0.2, 0.25) is 0 Å². The lowest BCUT2D eigenvalue weighted by atomic mass is 10.1. The van der Waals surface area contributed by atoms with Crippen LogP contribution in [0.1, 0.15) is 25.0 Å². The Labute approximate surface area is 156 Å². The highest BCUT2D eigenvalue weighted by atomic mass is 32.2. The molecule has 0 radical (unpaired) electrons. The number of carbonyl (C=O) groups excluding carboxylic acids is 3. The molecule has 0 spiro atoms. The zero-order chi connectivity index (χ0) is 19.6. The van der Waals surface area contributed by atoms with Crippen molar-refractivity contribution in [2.45, 2.75) is 43.8 Å². The Morgan fingerprint density at radius 2 is 2.15 bits per heavy atom. The summed E-state index contributed by atoms with van der Waals surface area (Å²) in [5, 5.41) is 2.61. The third kappa shape index (κ3) is 4.45. The van der Waals surface area contributed by atoms with Crippen LogP contribution in [0.15, 0.2) is 12.5 Å². The molecule has 1 aromatic rings. The van der Waals surface area contributed by atoms with Crippen LogP contribution in [0, 0.1) is 0 Å². The Bertz CT molecular complexity index is 824. The highest BCUT2D eigenvalue weighted by Gasteiger charge is 2.39. The zero-order valence-corrected chi connectivity index (χ0v) is 15.4. The van der Waals surface area contributed by atoms with E-state index in [4.69, 9.17) is 5.73 Å². The molecule has 2 fully saturated rings. The second-order valence-corrected chi connectivity index (χ2v) is 8.59. The van der Waals surface area contributed by atoms with Crippen molar-refractivity contribution in [3.63, 3.8) is 0 Å². The molecule has 0 bridgehead atoms. The molecule has 11 nitrogen and oxygen atoms in total. The number of sulfonamides is 1. The van der Waals surface area contributed by atoms with Crippen molar-refractivity contribution < 1.29 is 22.8 Å². The van der Waals surface area contributed by atoms with Gasteiger partial charge >= 0.3 is 0 Å². The smallest absolute Gasteiger partial charge is 0.246 e. The second kappa shape index (κ2) is 7.64. The molecule has 0 saturated carbocycles. The van der Waals surface area contributed by atoms with Gasteiger partial charge in [0.05, 0.1) is 12.1 Å². The van der Waals surface area contributed by atoms with Gasteiger partial charge < -0.3 is 20.9 Å². The summed E-state index contributed by atoms with van der Waals surface area (Å²) in [7, 11) is -3.47. The number of hydrogen-bond donors (Lipinski definition) is 4. The van der Waals surface area contributed by atoms with Crippen LogP contribution in [0.5, 0.6) is 0 Å². The minimum atomic E-state index is -3.47. The van der Waals surface area contributed by atoms with Gasteiger partial charge in [0.25, 0.3) is 0 Å². The van der Waals surface area contributed by atoms with Crippen LogP contribution < -0.4 is 15.8 Å². The number of aromatic nitrogens is 2. The maximum absolute atomic E-state index is 13.0. The first-order valence-electron chi connectivity index (χ1n) is 8.64. The maximum atomic E-state index is 13.0. The summed E-state index contributed by atoms with van der Waals surface area (Å²) in [6, 6.07) is -2.59. The molecule has 27 heavy (non-hydrogen) atoms. The minimum absolute atomic E-state index is 0.131. The molecule has 1 aromatic heterocycles. The number of imidazole rings is 1. The normalized spacial score (nSPS) is 25.3. The van der Waals surface area contributed by atoms with Gasteiger partial charge in [-0.2, -0.15) is 0 Å². The topological polar surface area (TPSA) is 167 Å². The molecule has 3 rings (SSSR count). The number of nitrogens with zero attached hydrogens (tertiary/aromatic N) is 2. The van der Waals surface area contributed by atoms with Crippen molar-refractivity contribution in [3.8, 4) is 0 Å². The Morgan fingerprint density at radius 3 is 2.74 bits per heavy atom. The predicted octanol–water partition coefficient (Wildman–Crippen LogP) is -2.39. The van der Waals surface area contributed by atoms with E-state index in [0.29, 0.717) is 25.1 Å². The van der Waals surface area contributed by atoms with E-state index in [-0.39, 0.29) is 18.6 Å². The Morgan fingerprint density at radius 1 is 1.37 bits per heavy atom. The molecule has 3 atom stereocenters. The van der Waals surface area contributed by atoms with Crippen molar-refractivity contribution in [1.29, 1.82) is 0 Å². The molecule has 0 aromatic carbocycles. The molecule has 2 saturated heterocycles. The number of H-pyrrole nitrogens is 1. The molecule has 0 aliphatic carbocycles. The molecule has 2 aliphatic heterocycles. The lowest BCUT2D eigenvalue weighted by molar-refractivity contribution is -0.140. The summed E-state index contributed by atoms with van der Waals surface area (Å²) in [5.41, 5.74) is 6.00. The van der Waals surface area contributed by atoms with Crippen LogP contribution in [0.4, 0.5) is 0 Å². The average molecular weight is 398 g/mol. The first-order valence-corrected chi connectivity index (χ1v) is 10.3. The van der Waals surface area contributed by atoms with E-state index in [1.165, 1.54) is 17.4 Å². The van der Waals surface area contributed by atoms with E-state index >= 15 is 0 Å². The second-order valence-electron chi connectivity index (χ2n) is 6.71. The van der Waals surface area contributed by atoms with E-state index in [2.05, 4.69) is 20.0 Å². The van der Waals surface area contributed by atoms with Gasteiger partial charge in [0.15, 0.2) is 0 Å². The number of nitrogens with one attached hydrogen (secondary N) is 3. The Kier molecular flexibility index (Phi) is 5.46. The summed E-state index contributed by atoms with van der Waals surface area (Å²) >= 11 is 0. The lowest BCUT2D eigenvalue weighted by Crippen LogP contribution is -2.56. The quantitative estimate of drug-likeness (QED) is 0.417. The SMILES string of the molecule is NC(=O)[C@@H]1CCCN1C(=O)[C@H](Cc1cnc[nH]1)NC(=O)[C@@H]1CCS(=O)(=O)N1.